The van der Waals surface area contributed by atoms with Gasteiger partial charge in [-0.2, -0.15) is 18.2 Å². The number of hydrogen-bond donors (Lipinski definition) is 0. The zero-order chi connectivity index (χ0) is 63.5. The van der Waals surface area contributed by atoms with Crippen LogP contribution in [0.2, 0.25) is 0 Å². The molecule has 1 aliphatic heterocycles. The average molecular weight is 1310 g/mol. The van der Waals surface area contributed by atoms with Gasteiger partial charge in [0.25, 0.3) is 6.33 Å². The molecule has 0 bridgehead atoms. The minimum absolute atomic E-state index is 0. The predicted molar refractivity (Wildman–Crippen MR) is 351 cm³/mol. The van der Waals surface area contributed by atoms with E-state index in [0.29, 0.717) is 28.4 Å². The Kier molecular flexibility index (Phi) is 11.0. The van der Waals surface area contributed by atoms with E-state index in [4.69, 9.17) is 22.4 Å². The maximum Gasteiger partial charge on any atom is 0.268 e. The summed E-state index contributed by atoms with van der Waals surface area (Å²) in [6.07, 6.45) is 7.76. The average Bonchev–Trinajstić information content (AvgIpc) is 1.62. The molecule has 1 aliphatic carbocycles. The Morgan fingerprint density at radius 2 is 1.21 bits per heavy atom. The van der Waals surface area contributed by atoms with Crippen LogP contribution in [0.5, 0.6) is 11.5 Å². The van der Waals surface area contributed by atoms with Crippen LogP contribution in [-0.2, 0) is 37.3 Å². The van der Waals surface area contributed by atoms with Gasteiger partial charge < -0.3 is 18.3 Å². The first-order chi connectivity index (χ1) is 44.0. The minimum atomic E-state index is -2.70. The van der Waals surface area contributed by atoms with Crippen molar-refractivity contribution in [2.75, 3.05) is 0 Å². The molecular weight excluding hydrogens is 1240 g/mol. The van der Waals surface area contributed by atoms with E-state index in [-0.39, 0.29) is 54.0 Å². The van der Waals surface area contributed by atoms with Crippen LogP contribution in [0.3, 0.4) is 0 Å². The largest absolute Gasteiger partial charge is 0.510 e. The van der Waals surface area contributed by atoms with E-state index >= 15 is 0 Å². The third-order valence-electron chi connectivity index (χ3n) is 18.5. The number of nitrogens with zero attached hydrogens (tertiary/aromatic N) is 4. The molecule has 0 atom stereocenters. The van der Waals surface area contributed by atoms with Gasteiger partial charge in [0, 0.05) is 63.3 Å². The van der Waals surface area contributed by atoms with Crippen LogP contribution >= 0.6 is 0 Å². The van der Waals surface area contributed by atoms with Gasteiger partial charge in [-0.1, -0.05) is 169 Å². The fourth-order valence-electron chi connectivity index (χ4n) is 13.8. The molecule has 0 amide bonds. The summed E-state index contributed by atoms with van der Waals surface area (Å²) >= 11 is 0. The maximum atomic E-state index is 9.09. The third-order valence-corrected chi connectivity index (χ3v) is 18.5. The van der Waals surface area contributed by atoms with Crippen LogP contribution in [0.25, 0.3) is 128 Å². The van der Waals surface area contributed by atoms with Crippen LogP contribution in [0, 0.1) is 32.2 Å². The van der Waals surface area contributed by atoms with E-state index in [1.54, 1.807) is 18.2 Å². The molecule has 0 fully saturated rings. The van der Waals surface area contributed by atoms with E-state index in [1.807, 2.05) is 77.5 Å². The number of fused-ring (bicyclic) bond motifs is 14. The number of hydrogen-bond acceptors (Lipinski definition) is 3. The Morgan fingerprint density at radius 1 is 0.552 bits per heavy atom. The number of rotatable bonds is 6. The van der Waals surface area contributed by atoms with Crippen LogP contribution in [0.15, 0.2) is 205 Å². The van der Waals surface area contributed by atoms with Crippen molar-refractivity contribution in [3.8, 4) is 84.3 Å². The number of aromatic nitrogens is 4. The van der Waals surface area contributed by atoms with E-state index in [2.05, 4.69) is 185 Å². The number of furan rings is 1. The molecule has 87 heavy (non-hydrogen) atoms. The topological polar surface area (TPSA) is 49.0 Å². The molecule has 14 aromatic rings. The Hall–Kier alpha value is -9.09. The number of para-hydroxylation sites is 3. The first kappa shape index (κ1) is 48.1. The normalized spacial score (nSPS) is 15.3. The second-order valence-corrected chi connectivity index (χ2v) is 25.8. The van der Waals surface area contributed by atoms with Gasteiger partial charge in [0.2, 0.25) is 0 Å². The third kappa shape index (κ3) is 8.69. The molecule has 6 nitrogen and oxygen atoms in total. The first-order valence-electron chi connectivity index (χ1n) is 32.6. The molecule has 4 aromatic heterocycles. The van der Waals surface area contributed by atoms with E-state index in [0.717, 1.165) is 124 Å². The van der Waals surface area contributed by atoms with Crippen molar-refractivity contribution in [3.05, 3.63) is 247 Å². The van der Waals surface area contributed by atoms with Gasteiger partial charge in [0.1, 0.15) is 17.0 Å². The SMILES string of the molecule is [2H]C([2H])([2H])c1cccc(C([2H])([2H])[2H])c1-c1cccc2c1-[n+]1[c-]n(-c3[c-]c(Oc4[c-]c5c(cc4)c4ccccc4n5-c4cc(C(C)(C)C)ccn4)ccc3)c3cc(-c4ccc5oc6ccccc6c5c4)cc(c31)-c1ccccc1-c1cc3c(cc1-2)C(C)(C)CCC3(C)C.[Pt]. The van der Waals surface area contributed by atoms with E-state index < -0.39 is 13.7 Å². The Labute approximate surface area is 531 Å². The fourth-order valence-corrected chi connectivity index (χ4v) is 13.8. The number of imidazole rings is 1. The first-order valence-corrected chi connectivity index (χ1v) is 29.6. The molecule has 0 spiro atoms. The Morgan fingerprint density at radius 3 is 1.98 bits per heavy atom. The molecule has 10 aromatic carbocycles. The summed E-state index contributed by atoms with van der Waals surface area (Å²) in [6.45, 7) is 10.5. The van der Waals surface area contributed by atoms with Crippen molar-refractivity contribution in [2.24, 2.45) is 0 Å². The zero-order valence-corrected chi connectivity index (χ0v) is 51.7. The molecule has 0 unspecified atom stereocenters. The van der Waals surface area contributed by atoms with Gasteiger partial charge in [-0.25, -0.2) is 4.98 Å². The second kappa shape index (κ2) is 20.0. The fraction of sp³-hybridized carbons (Fsp3) is 0.175. The summed E-state index contributed by atoms with van der Waals surface area (Å²) in [5.41, 5.74) is 17.2. The Bertz CT molecular complexity index is 5390. The van der Waals surface area contributed by atoms with Gasteiger partial charge in [0.15, 0.2) is 0 Å². The van der Waals surface area contributed by atoms with Crippen LogP contribution < -0.4 is 9.30 Å². The molecule has 0 radical (unpaired) electrons. The van der Waals surface area contributed by atoms with Crippen molar-refractivity contribution in [1.29, 1.82) is 0 Å². The minimum Gasteiger partial charge on any atom is -0.510 e. The summed E-state index contributed by atoms with van der Waals surface area (Å²) in [5, 5.41) is 4.08. The van der Waals surface area contributed by atoms with Gasteiger partial charge in [-0.3, -0.25) is 4.57 Å². The quantitative estimate of drug-likeness (QED) is 0.123. The molecule has 0 saturated heterocycles. The van der Waals surface area contributed by atoms with Crippen molar-refractivity contribution < 1.29 is 43.0 Å². The van der Waals surface area contributed by atoms with Crippen molar-refractivity contribution in [2.45, 2.75) is 91.3 Å². The molecule has 0 N–H and O–H groups in total. The summed E-state index contributed by atoms with van der Waals surface area (Å²) < 4.78 is 74.1. The summed E-state index contributed by atoms with van der Waals surface area (Å²) in [4.78, 5) is 4.92. The van der Waals surface area contributed by atoms with Crippen molar-refractivity contribution in [1.82, 2.24) is 14.1 Å². The number of aryl methyl sites for hydroxylation is 2. The molecule has 428 valence electrons. The number of pyridine rings is 1. The van der Waals surface area contributed by atoms with Crippen molar-refractivity contribution in [3.63, 3.8) is 0 Å². The van der Waals surface area contributed by atoms with E-state index in [1.165, 1.54) is 11.1 Å². The van der Waals surface area contributed by atoms with Crippen LogP contribution in [0.1, 0.15) is 97.3 Å². The van der Waals surface area contributed by atoms with Crippen LogP contribution in [0.4, 0.5) is 0 Å². The summed E-state index contributed by atoms with van der Waals surface area (Å²) in [6, 6.07) is 72.5. The molecule has 16 rings (SSSR count). The molecule has 5 heterocycles. The number of ether oxygens (including phenoxy) is 1. The zero-order valence-electron chi connectivity index (χ0n) is 55.4. The molecular formula is C80H64N4O2Pt-2. The Balaban J connectivity index is 0.00000716. The van der Waals surface area contributed by atoms with Gasteiger partial charge in [-0.05, 0) is 186 Å². The van der Waals surface area contributed by atoms with Gasteiger partial charge in [0.05, 0.1) is 16.7 Å². The monoisotopic (exact) mass is 1310 g/mol. The van der Waals surface area contributed by atoms with E-state index in [9.17, 15) is 0 Å². The second-order valence-electron chi connectivity index (χ2n) is 25.8. The molecule has 0 saturated carbocycles. The summed E-state index contributed by atoms with van der Waals surface area (Å²) in [5.74, 6) is 1.69. The van der Waals surface area contributed by atoms with Crippen molar-refractivity contribution >= 4 is 54.8 Å². The number of benzene rings is 10. The smallest absolute Gasteiger partial charge is 0.268 e. The van der Waals surface area contributed by atoms with Gasteiger partial charge in [-0.15, -0.1) is 29.7 Å². The summed E-state index contributed by atoms with van der Waals surface area (Å²) in [7, 11) is 0. The predicted octanol–water partition coefficient (Wildman–Crippen LogP) is 20.4. The molecule has 2 aliphatic rings. The molecule has 7 heteroatoms. The maximum absolute atomic E-state index is 9.09. The standard InChI is InChI=1S/C80H64N4O2.Pt/c1-48-19-16-20-49(2)75(48)62-28-18-27-61-64-46-68-67(79(6,7)36-37-80(68,8)9)45-63(64)56-23-10-11-24-57(56)66-40-51(50-31-34-73-65(39-50)60-26-13-15-30-72(60)86-73)41-71-77(66)83(76(61)62)47-82(71)53-21-17-22-54(43-53)85-55-32-33-59-58-25-12-14-29-69(58)84(70(59)44-55)74-42-52(35-38-81-74)78(3,4)5;/h10-35,38-42,45-46H,36-37H2,1-9H3;/q-2;/i1D3,2D3;. The van der Waals surface area contributed by atoms with Crippen LogP contribution in [-0.4, -0.2) is 14.1 Å². The van der Waals surface area contributed by atoms with Gasteiger partial charge >= 0.3 is 0 Å².